The first-order chi connectivity index (χ1) is 12.6. The Kier molecular flexibility index (Phi) is 4.46. The number of benzene rings is 2. The number of nitrogens with zero attached hydrogens (tertiary/aromatic N) is 3. The van der Waals surface area contributed by atoms with E-state index in [1.165, 1.54) is 6.07 Å². The summed E-state index contributed by atoms with van der Waals surface area (Å²) in [6.45, 7) is 4.30. The summed E-state index contributed by atoms with van der Waals surface area (Å²) in [6.07, 6.45) is 0. The second kappa shape index (κ2) is 6.92. The maximum absolute atomic E-state index is 13.9. The Hall–Kier alpha value is -2.67. The highest BCUT2D eigenvalue weighted by molar-refractivity contribution is 7.18. The van der Waals surface area contributed by atoms with Crippen LogP contribution in [0, 0.1) is 12.7 Å². The summed E-state index contributed by atoms with van der Waals surface area (Å²) in [4.78, 5) is 20.7. The summed E-state index contributed by atoms with van der Waals surface area (Å²) in [7, 11) is 0. The maximum atomic E-state index is 13.9. The smallest absolute Gasteiger partial charge is 0.321 e. The average molecular weight is 370 g/mol. The van der Waals surface area contributed by atoms with Crippen molar-refractivity contribution in [3.05, 3.63) is 53.3 Å². The number of aryl methyl sites for hydroxylation is 1. The predicted molar refractivity (Wildman–Crippen MR) is 104 cm³/mol. The van der Waals surface area contributed by atoms with Gasteiger partial charge in [0, 0.05) is 31.9 Å². The number of hydrogen-bond donors (Lipinski definition) is 1. The largest absolute Gasteiger partial charge is 0.366 e. The minimum absolute atomic E-state index is 0.135. The van der Waals surface area contributed by atoms with E-state index in [1.54, 1.807) is 28.4 Å². The summed E-state index contributed by atoms with van der Waals surface area (Å²) in [6, 6.07) is 12.4. The Balaban J connectivity index is 1.39. The summed E-state index contributed by atoms with van der Waals surface area (Å²) >= 11 is 1.64. The zero-order valence-electron chi connectivity index (χ0n) is 14.4. The topological polar surface area (TPSA) is 48.5 Å². The Labute approximate surface area is 155 Å². The molecule has 134 valence electrons. The lowest BCUT2D eigenvalue weighted by molar-refractivity contribution is 0.208. The molecule has 0 atom stereocenters. The zero-order chi connectivity index (χ0) is 18.1. The van der Waals surface area contributed by atoms with Gasteiger partial charge in [-0.3, -0.25) is 0 Å². The quantitative estimate of drug-likeness (QED) is 0.739. The molecule has 4 rings (SSSR count). The number of para-hydroxylation sites is 1. The highest BCUT2D eigenvalue weighted by Crippen LogP contribution is 2.25. The number of anilines is 2. The van der Waals surface area contributed by atoms with Crippen molar-refractivity contribution in [3.8, 4) is 0 Å². The molecule has 3 aromatic rings. The number of nitrogens with one attached hydrogen (secondary N) is 1. The van der Waals surface area contributed by atoms with E-state index in [2.05, 4.69) is 10.3 Å². The first-order valence-corrected chi connectivity index (χ1v) is 9.34. The molecular weight excluding hydrogens is 351 g/mol. The van der Waals surface area contributed by atoms with Gasteiger partial charge >= 0.3 is 6.03 Å². The van der Waals surface area contributed by atoms with Gasteiger partial charge in [-0.1, -0.05) is 12.1 Å². The first kappa shape index (κ1) is 16.8. The number of halogens is 1. The molecule has 0 bridgehead atoms. The Morgan fingerprint density at radius 2 is 1.92 bits per heavy atom. The van der Waals surface area contributed by atoms with Gasteiger partial charge in [0.25, 0.3) is 0 Å². The second-order valence-corrected chi connectivity index (χ2v) is 7.51. The molecule has 0 radical (unpaired) electrons. The zero-order valence-corrected chi connectivity index (χ0v) is 15.2. The van der Waals surface area contributed by atoms with Gasteiger partial charge in [0.1, 0.15) is 5.82 Å². The minimum atomic E-state index is -0.225. The number of piperazine rings is 1. The van der Waals surface area contributed by atoms with Crippen molar-refractivity contribution in [2.45, 2.75) is 6.92 Å². The highest BCUT2D eigenvalue weighted by atomic mass is 32.1. The van der Waals surface area contributed by atoms with Crippen LogP contribution in [0.1, 0.15) is 5.01 Å². The Morgan fingerprint density at radius 3 is 2.69 bits per heavy atom. The van der Waals surface area contributed by atoms with Crippen LogP contribution in [-0.2, 0) is 0 Å². The van der Waals surface area contributed by atoms with Crippen molar-refractivity contribution in [2.24, 2.45) is 0 Å². The van der Waals surface area contributed by atoms with Crippen molar-refractivity contribution in [1.29, 1.82) is 0 Å². The number of thiazole rings is 1. The van der Waals surface area contributed by atoms with Crippen LogP contribution < -0.4 is 10.2 Å². The lowest BCUT2D eigenvalue weighted by Crippen LogP contribution is -2.50. The first-order valence-electron chi connectivity index (χ1n) is 8.53. The fourth-order valence-corrected chi connectivity index (χ4v) is 3.99. The van der Waals surface area contributed by atoms with E-state index in [0.29, 0.717) is 31.9 Å². The molecule has 26 heavy (non-hydrogen) atoms. The number of hydrogen-bond acceptors (Lipinski definition) is 4. The van der Waals surface area contributed by atoms with E-state index in [9.17, 15) is 9.18 Å². The summed E-state index contributed by atoms with van der Waals surface area (Å²) in [5, 5.41) is 3.95. The molecule has 0 spiro atoms. The van der Waals surface area contributed by atoms with Crippen molar-refractivity contribution in [1.82, 2.24) is 9.88 Å². The van der Waals surface area contributed by atoms with E-state index in [0.717, 1.165) is 20.9 Å². The fraction of sp³-hybridized carbons (Fsp3) is 0.263. The molecule has 1 aliphatic rings. The van der Waals surface area contributed by atoms with Gasteiger partial charge in [0.15, 0.2) is 0 Å². The van der Waals surface area contributed by atoms with E-state index < -0.39 is 0 Å². The van der Waals surface area contributed by atoms with Crippen LogP contribution in [0.25, 0.3) is 10.2 Å². The Morgan fingerprint density at radius 1 is 1.15 bits per heavy atom. The molecule has 0 aliphatic carbocycles. The van der Waals surface area contributed by atoms with Gasteiger partial charge in [-0.15, -0.1) is 11.3 Å². The molecule has 2 aromatic carbocycles. The molecular formula is C19H19FN4OS. The lowest BCUT2D eigenvalue weighted by atomic mass is 10.2. The maximum Gasteiger partial charge on any atom is 0.321 e. The molecule has 2 amide bonds. The molecule has 1 aromatic heterocycles. The predicted octanol–water partition coefficient (Wildman–Crippen LogP) is 4.10. The third-order valence-corrected chi connectivity index (χ3v) is 5.46. The molecule has 0 unspecified atom stereocenters. The van der Waals surface area contributed by atoms with Gasteiger partial charge < -0.3 is 15.1 Å². The monoisotopic (exact) mass is 370 g/mol. The molecule has 1 N–H and O–H groups in total. The van der Waals surface area contributed by atoms with Crippen LogP contribution in [0.3, 0.4) is 0 Å². The van der Waals surface area contributed by atoms with Crippen molar-refractivity contribution in [2.75, 3.05) is 36.4 Å². The summed E-state index contributed by atoms with van der Waals surface area (Å²) < 4.78 is 15.0. The number of carbonyl (C=O) groups excluding carboxylic acids is 1. The van der Waals surface area contributed by atoms with Crippen LogP contribution >= 0.6 is 11.3 Å². The molecule has 1 aliphatic heterocycles. The van der Waals surface area contributed by atoms with Crippen LogP contribution in [0.15, 0.2) is 42.5 Å². The van der Waals surface area contributed by atoms with Gasteiger partial charge in [0.05, 0.1) is 20.9 Å². The molecule has 5 nitrogen and oxygen atoms in total. The number of carbonyl (C=O) groups is 1. The van der Waals surface area contributed by atoms with Crippen LogP contribution in [0.4, 0.5) is 20.6 Å². The standard InChI is InChI=1S/C19H19FN4OS/c1-13-21-16-12-14(6-7-18(16)26-13)22-19(25)24-10-8-23(9-11-24)17-5-3-2-4-15(17)20/h2-7,12H,8-11H2,1H3,(H,22,25). The van der Waals surface area contributed by atoms with Crippen LogP contribution in [0.5, 0.6) is 0 Å². The number of fused-ring (bicyclic) bond motifs is 1. The Bertz CT molecular complexity index is 950. The summed E-state index contributed by atoms with van der Waals surface area (Å²) in [5.41, 5.74) is 2.23. The fourth-order valence-electron chi connectivity index (χ4n) is 3.18. The molecule has 1 fully saturated rings. The SMILES string of the molecule is Cc1nc2cc(NC(=O)N3CCN(c4ccccc4F)CC3)ccc2s1. The minimum Gasteiger partial charge on any atom is -0.366 e. The molecule has 7 heteroatoms. The van der Waals surface area contributed by atoms with Crippen molar-refractivity contribution >= 4 is 39.0 Å². The number of rotatable bonds is 2. The summed E-state index contributed by atoms with van der Waals surface area (Å²) in [5.74, 6) is -0.225. The van der Waals surface area contributed by atoms with Crippen LogP contribution in [0.2, 0.25) is 0 Å². The van der Waals surface area contributed by atoms with Crippen molar-refractivity contribution in [3.63, 3.8) is 0 Å². The second-order valence-electron chi connectivity index (χ2n) is 6.27. The number of aromatic nitrogens is 1. The van der Waals surface area contributed by atoms with Crippen molar-refractivity contribution < 1.29 is 9.18 Å². The van der Waals surface area contributed by atoms with E-state index in [-0.39, 0.29) is 11.8 Å². The average Bonchev–Trinajstić information content (AvgIpc) is 3.01. The lowest BCUT2D eigenvalue weighted by Gasteiger charge is -2.36. The molecule has 2 heterocycles. The molecule has 0 saturated carbocycles. The third-order valence-electron chi connectivity index (χ3n) is 4.51. The molecule has 1 saturated heterocycles. The van der Waals surface area contributed by atoms with Gasteiger partial charge in [-0.2, -0.15) is 0 Å². The number of amides is 2. The van der Waals surface area contributed by atoms with E-state index in [4.69, 9.17) is 0 Å². The van der Waals surface area contributed by atoms with Gasteiger partial charge in [-0.25, -0.2) is 14.2 Å². The van der Waals surface area contributed by atoms with Gasteiger partial charge in [0.2, 0.25) is 0 Å². The van der Waals surface area contributed by atoms with E-state index >= 15 is 0 Å². The van der Waals surface area contributed by atoms with Gasteiger partial charge in [-0.05, 0) is 37.3 Å². The van der Waals surface area contributed by atoms with Crippen LogP contribution in [-0.4, -0.2) is 42.1 Å². The number of urea groups is 1. The van der Waals surface area contributed by atoms with E-state index in [1.807, 2.05) is 36.1 Å². The highest BCUT2D eigenvalue weighted by Gasteiger charge is 2.22. The third kappa shape index (κ3) is 3.35. The normalized spacial score (nSPS) is 14.7.